The van der Waals surface area contributed by atoms with Crippen molar-refractivity contribution in [2.24, 2.45) is 0 Å². The fourth-order valence-electron chi connectivity index (χ4n) is 3.84. The van der Waals surface area contributed by atoms with Crippen LogP contribution in [-0.2, 0) is 6.18 Å². The Morgan fingerprint density at radius 3 is 2.82 bits per heavy atom. The van der Waals surface area contributed by atoms with E-state index in [9.17, 15) is 18.0 Å². The smallest absolute Gasteiger partial charge is 0.417 e. The Morgan fingerprint density at radius 1 is 1.29 bits per heavy atom. The Bertz CT molecular complexity index is 914. The van der Waals surface area contributed by atoms with E-state index in [1.807, 2.05) is 6.92 Å². The molecule has 1 saturated heterocycles. The van der Waals surface area contributed by atoms with E-state index >= 15 is 0 Å². The fourth-order valence-corrected chi connectivity index (χ4v) is 3.84. The Balaban J connectivity index is 1.80. The van der Waals surface area contributed by atoms with Crippen LogP contribution in [-0.4, -0.2) is 37.0 Å². The van der Waals surface area contributed by atoms with Gasteiger partial charge in [0.1, 0.15) is 5.75 Å². The van der Waals surface area contributed by atoms with Crippen LogP contribution in [0.1, 0.15) is 34.5 Å². The first-order valence-electron chi connectivity index (χ1n) is 9.16. The summed E-state index contributed by atoms with van der Waals surface area (Å²) in [4.78, 5) is 14.2. The molecule has 1 fully saturated rings. The average molecular weight is 391 g/mol. The summed E-state index contributed by atoms with van der Waals surface area (Å²) in [5, 5.41) is 6.19. The van der Waals surface area contributed by atoms with Crippen LogP contribution in [0, 0.1) is 0 Å². The molecule has 0 aliphatic carbocycles. The second kappa shape index (κ2) is 7.01. The zero-order valence-electron chi connectivity index (χ0n) is 15.3. The molecule has 8 heteroatoms. The number of piperazine rings is 1. The molecule has 5 nitrogen and oxygen atoms in total. The average Bonchev–Trinajstić information content (AvgIpc) is 2.95. The highest BCUT2D eigenvalue weighted by Gasteiger charge is 2.45. The number of carbonyl (C=O) groups excluding carboxylic acids is 1. The first-order chi connectivity index (χ1) is 13.4. The number of fused-ring (bicyclic) bond motifs is 3. The lowest BCUT2D eigenvalue weighted by molar-refractivity contribution is -0.137. The van der Waals surface area contributed by atoms with Crippen LogP contribution in [0.4, 0.5) is 24.5 Å². The third-order valence-electron chi connectivity index (χ3n) is 5.02. The van der Waals surface area contributed by atoms with Crippen molar-refractivity contribution in [2.75, 3.05) is 31.6 Å². The summed E-state index contributed by atoms with van der Waals surface area (Å²) in [6.07, 6.45) is -4.63. The molecule has 4 rings (SSSR count). The van der Waals surface area contributed by atoms with Crippen molar-refractivity contribution in [2.45, 2.75) is 19.1 Å². The SMILES string of the molecule is CCOc1ccccc1Nc1cc2c(c(C(F)(F)F)c1)C(=O)N1CCNCC21. The summed E-state index contributed by atoms with van der Waals surface area (Å²) < 4.78 is 46.9. The lowest BCUT2D eigenvalue weighted by Crippen LogP contribution is -2.44. The van der Waals surface area contributed by atoms with Gasteiger partial charge in [0.25, 0.3) is 5.91 Å². The van der Waals surface area contributed by atoms with Gasteiger partial charge in [0.05, 0.1) is 29.5 Å². The molecule has 0 radical (unpaired) electrons. The van der Waals surface area contributed by atoms with E-state index in [0.29, 0.717) is 43.2 Å². The van der Waals surface area contributed by atoms with Crippen LogP contribution in [0.25, 0.3) is 0 Å². The number of nitrogens with zero attached hydrogens (tertiary/aromatic N) is 1. The Morgan fingerprint density at radius 2 is 2.07 bits per heavy atom. The first-order valence-corrected chi connectivity index (χ1v) is 9.16. The van der Waals surface area contributed by atoms with Crippen molar-refractivity contribution in [3.8, 4) is 5.75 Å². The van der Waals surface area contributed by atoms with E-state index < -0.39 is 17.6 Å². The number of carbonyl (C=O) groups is 1. The van der Waals surface area contributed by atoms with Gasteiger partial charge in [-0.15, -0.1) is 0 Å². The normalized spacial score (nSPS) is 18.6. The highest BCUT2D eigenvalue weighted by Crippen LogP contribution is 2.44. The van der Waals surface area contributed by atoms with Crippen molar-refractivity contribution >= 4 is 17.3 Å². The van der Waals surface area contributed by atoms with Crippen molar-refractivity contribution in [1.29, 1.82) is 0 Å². The number of hydrogen-bond acceptors (Lipinski definition) is 4. The maximum Gasteiger partial charge on any atom is 0.417 e. The molecule has 0 bridgehead atoms. The summed E-state index contributed by atoms with van der Waals surface area (Å²) in [6.45, 7) is 3.68. The molecular formula is C20H20F3N3O2. The number of benzene rings is 2. The molecule has 1 unspecified atom stereocenters. The van der Waals surface area contributed by atoms with Crippen LogP contribution < -0.4 is 15.4 Å². The van der Waals surface area contributed by atoms with Gasteiger partial charge >= 0.3 is 6.18 Å². The number of alkyl halides is 3. The van der Waals surface area contributed by atoms with E-state index in [-0.39, 0.29) is 17.3 Å². The van der Waals surface area contributed by atoms with Gasteiger partial charge in [-0.25, -0.2) is 0 Å². The summed E-state index contributed by atoms with van der Waals surface area (Å²) in [5.74, 6) is 0.00573. The van der Waals surface area contributed by atoms with Crippen LogP contribution in [0.5, 0.6) is 5.75 Å². The number of halogens is 3. The monoisotopic (exact) mass is 391 g/mol. The summed E-state index contributed by atoms with van der Waals surface area (Å²) in [5.41, 5.74) is 0.118. The lowest BCUT2D eigenvalue weighted by Gasteiger charge is -2.30. The fraction of sp³-hybridized carbons (Fsp3) is 0.350. The molecule has 148 valence electrons. The maximum absolute atomic E-state index is 13.8. The van der Waals surface area contributed by atoms with E-state index in [1.165, 1.54) is 4.90 Å². The molecule has 1 atom stereocenters. The first kappa shape index (κ1) is 18.6. The van der Waals surface area contributed by atoms with Gasteiger partial charge in [0, 0.05) is 25.3 Å². The zero-order valence-corrected chi connectivity index (χ0v) is 15.3. The molecule has 0 saturated carbocycles. The Kier molecular flexibility index (Phi) is 4.66. The van der Waals surface area contributed by atoms with Gasteiger partial charge < -0.3 is 20.3 Å². The predicted molar refractivity (Wildman–Crippen MR) is 99.0 cm³/mol. The Hall–Kier alpha value is -2.74. The molecular weight excluding hydrogens is 371 g/mol. The number of ether oxygens (including phenoxy) is 1. The number of anilines is 2. The van der Waals surface area contributed by atoms with Crippen LogP contribution in [0.15, 0.2) is 36.4 Å². The highest BCUT2D eigenvalue weighted by atomic mass is 19.4. The topological polar surface area (TPSA) is 53.6 Å². The van der Waals surface area contributed by atoms with Crippen molar-refractivity contribution < 1.29 is 22.7 Å². The number of hydrogen-bond donors (Lipinski definition) is 2. The minimum Gasteiger partial charge on any atom is -0.492 e. The summed E-state index contributed by atoms with van der Waals surface area (Å²) in [7, 11) is 0. The van der Waals surface area contributed by atoms with Gasteiger partial charge in [-0.1, -0.05) is 12.1 Å². The van der Waals surface area contributed by atoms with Crippen molar-refractivity contribution in [1.82, 2.24) is 10.2 Å². The van der Waals surface area contributed by atoms with Gasteiger partial charge in [0.15, 0.2) is 0 Å². The quantitative estimate of drug-likeness (QED) is 0.829. The Labute approximate surface area is 160 Å². The minimum atomic E-state index is -4.63. The molecule has 2 aliphatic rings. The standard InChI is InChI=1S/C20H20F3N3O2/c1-2-28-17-6-4-3-5-15(17)25-12-9-13-16-11-24-7-8-26(16)19(27)18(13)14(10-12)20(21,22)23/h3-6,9-10,16,24-25H,2,7-8,11H2,1H3. The molecule has 2 heterocycles. The molecule has 0 aromatic heterocycles. The molecule has 2 aromatic rings. The summed E-state index contributed by atoms with van der Waals surface area (Å²) in [6, 6.07) is 9.32. The van der Waals surface area contributed by atoms with Gasteiger partial charge in [0.2, 0.25) is 0 Å². The molecule has 2 aromatic carbocycles. The third-order valence-corrected chi connectivity index (χ3v) is 5.02. The van der Waals surface area contributed by atoms with E-state index in [2.05, 4.69) is 10.6 Å². The third kappa shape index (κ3) is 3.17. The number of amides is 1. The van der Waals surface area contributed by atoms with E-state index in [4.69, 9.17) is 4.74 Å². The van der Waals surface area contributed by atoms with Crippen LogP contribution in [0.3, 0.4) is 0 Å². The minimum absolute atomic E-state index is 0.232. The van der Waals surface area contributed by atoms with Gasteiger partial charge in [-0.05, 0) is 36.8 Å². The molecule has 2 N–H and O–H groups in total. The van der Waals surface area contributed by atoms with Crippen LogP contribution >= 0.6 is 0 Å². The lowest BCUT2D eigenvalue weighted by atomic mass is 9.97. The second-order valence-corrected chi connectivity index (χ2v) is 6.76. The summed E-state index contributed by atoms with van der Waals surface area (Å²) >= 11 is 0. The van der Waals surface area contributed by atoms with E-state index in [0.717, 1.165) is 6.07 Å². The molecule has 2 aliphatic heterocycles. The van der Waals surface area contributed by atoms with Crippen LogP contribution in [0.2, 0.25) is 0 Å². The maximum atomic E-state index is 13.8. The number of para-hydroxylation sites is 2. The molecule has 1 amide bonds. The zero-order chi connectivity index (χ0) is 19.9. The predicted octanol–water partition coefficient (Wildman–Crippen LogP) is 3.95. The molecule has 28 heavy (non-hydrogen) atoms. The molecule has 0 spiro atoms. The van der Waals surface area contributed by atoms with Crippen molar-refractivity contribution in [3.05, 3.63) is 53.1 Å². The second-order valence-electron chi connectivity index (χ2n) is 6.76. The largest absolute Gasteiger partial charge is 0.492 e. The van der Waals surface area contributed by atoms with Gasteiger partial charge in [-0.3, -0.25) is 4.79 Å². The highest BCUT2D eigenvalue weighted by molar-refractivity contribution is 6.01. The van der Waals surface area contributed by atoms with E-state index in [1.54, 1.807) is 30.3 Å². The number of nitrogens with one attached hydrogen (secondary N) is 2. The van der Waals surface area contributed by atoms with Gasteiger partial charge in [-0.2, -0.15) is 13.2 Å². The van der Waals surface area contributed by atoms with Crippen molar-refractivity contribution in [3.63, 3.8) is 0 Å². The number of rotatable bonds is 4.